The number of sulfonamides is 1. The Labute approximate surface area is 105 Å². The summed E-state index contributed by atoms with van der Waals surface area (Å²) in [5.74, 6) is 0.508. The first-order valence-electron chi connectivity index (χ1n) is 4.92. The van der Waals surface area contributed by atoms with Crippen molar-refractivity contribution in [3.63, 3.8) is 0 Å². The average Bonchev–Trinajstić information content (AvgIpc) is 2.38. The monoisotopic (exact) mass is 269 g/mol. The molecule has 1 aromatic carbocycles. The lowest BCUT2D eigenvalue weighted by atomic mass is 10.3. The smallest absolute Gasteiger partial charge is 0.241 e. The van der Waals surface area contributed by atoms with Gasteiger partial charge in [0.2, 0.25) is 22.6 Å². The van der Waals surface area contributed by atoms with Crippen LogP contribution < -0.4 is 9.46 Å². The van der Waals surface area contributed by atoms with Crippen LogP contribution in [0, 0.1) is 0 Å². The van der Waals surface area contributed by atoms with Gasteiger partial charge in [-0.2, -0.15) is 4.72 Å². The molecule has 0 amide bonds. The number of ether oxygens (including phenoxy) is 1. The summed E-state index contributed by atoms with van der Waals surface area (Å²) < 4.78 is 30.6. The van der Waals surface area contributed by atoms with Crippen LogP contribution in [-0.4, -0.2) is 34.1 Å². The van der Waals surface area contributed by atoms with Crippen molar-refractivity contribution in [2.24, 2.45) is 0 Å². The fourth-order valence-corrected chi connectivity index (χ4v) is 2.34. The molecule has 18 heavy (non-hydrogen) atoms. The Hall–Kier alpha value is -1.73. The first-order valence-corrected chi connectivity index (χ1v) is 6.41. The lowest BCUT2D eigenvalue weighted by Crippen LogP contribution is -2.36. The van der Waals surface area contributed by atoms with E-state index in [1.165, 1.54) is 43.9 Å². The molecule has 0 fully saturated rings. The lowest BCUT2D eigenvalue weighted by Gasteiger charge is -2.10. The van der Waals surface area contributed by atoms with E-state index < -0.39 is 16.1 Å². The topological polar surface area (TPSA) is 89.5 Å². The van der Waals surface area contributed by atoms with E-state index in [0.29, 0.717) is 5.75 Å². The van der Waals surface area contributed by atoms with Crippen molar-refractivity contribution in [1.82, 2.24) is 4.72 Å². The Kier molecular flexibility index (Phi) is 4.99. The van der Waals surface area contributed by atoms with E-state index >= 15 is 0 Å². The number of nitrogens with one attached hydrogen (secondary N) is 1. The van der Waals surface area contributed by atoms with Gasteiger partial charge in [0, 0.05) is 6.42 Å². The Bertz CT molecular complexity index is 509. The first kappa shape index (κ1) is 14.3. The van der Waals surface area contributed by atoms with Gasteiger partial charge in [0.05, 0.1) is 18.0 Å². The highest BCUT2D eigenvalue weighted by Gasteiger charge is 2.20. The molecule has 0 aliphatic rings. The Morgan fingerprint density at radius 3 is 2.33 bits per heavy atom. The Balaban J connectivity index is 2.90. The molecule has 1 N–H and O–H groups in total. The summed E-state index contributed by atoms with van der Waals surface area (Å²) in [5.41, 5.74) is 0. The number of hydrogen-bond donors (Lipinski definition) is 1. The third-order valence-electron chi connectivity index (χ3n) is 2.10. The van der Waals surface area contributed by atoms with Crippen LogP contribution in [0.3, 0.4) is 0 Å². The normalized spacial score (nSPS) is 12.7. The van der Waals surface area contributed by atoms with Crippen molar-refractivity contribution in [2.45, 2.75) is 17.4 Å². The Morgan fingerprint density at radius 2 is 1.89 bits per heavy atom. The van der Waals surface area contributed by atoms with Gasteiger partial charge < -0.3 is 4.74 Å². The molecule has 1 aromatic rings. The minimum absolute atomic E-state index is 0.0329. The van der Waals surface area contributed by atoms with Crippen molar-refractivity contribution >= 4 is 22.6 Å². The van der Waals surface area contributed by atoms with Crippen LogP contribution in [0.1, 0.15) is 6.42 Å². The molecule has 0 aliphatic heterocycles. The van der Waals surface area contributed by atoms with Crippen molar-refractivity contribution in [1.29, 1.82) is 0 Å². The molecule has 0 bridgehead atoms. The van der Waals surface area contributed by atoms with Gasteiger partial charge >= 0.3 is 0 Å². The first-order chi connectivity index (χ1) is 8.53. The van der Waals surface area contributed by atoms with Crippen molar-refractivity contribution in [3.05, 3.63) is 24.3 Å². The molecule has 1 rings (SSSR count). The van der Waals surface area contributed by atoms with Crippen LogP contribution in [0.5, 0.6) is 5.75 Å². The van der Waals surface area contributed by atoms with Gasteiger partial charge in [0.1, 0.15) is 5.75 Å². The minimum atomic E-state index is -3.87. The van der Waals surface area contributed by atoms with Gasteiger partial charge in [-0.05, 0) is 24.3 Å². The molecular formula is C11H11NO5S. The number of carbonyl (C=O) groups excluding carboxylic acids is 2. The second kappa shape index (κ2) is 6.27. The maximum atomic E-state index is 11.8. The molecule has 0 saturated heterocycles. The van der Waals surface area contributed by atoms with Gasteiger partial charge in [0.25, 0.3) is 0 Å². The highest BCUT2D eigenvalue weighted by atomic mass is 32.2. The molecule has 2 radical (unpaired) electrons. The highest BCUT2D eigenvalue weighted by molar-refractivity contribution is 7.89. The second-order valence-electron chi connectivity index (χ2n) is 3.32. The molecule has 0 unspecified atom stereocenters. The number of benzene rings is 1. The van der Waals surface area contributed by atoms with Crippen LogP contribution in [0.4, 0.5) is 0 Å². The van der Waals surface area contributed by atoms with Crippen LogP contribution >= 0.6 is 0 Å². The van der Waals surface area contributed by atoms with Gasteiger partial charge in [-0.3, -0.25) is 9.59 Å². The summed E-state index contributed by atoms with van der Waals surface area (Å²) in [6, 6.07) is 4.37. The molecule has 0 aromatic heterocycles. The maximum Gasteiger partial charge on any atom is 0.241 e. The van der Waals surface area contributed by atoms with Crippen molar-refractivity contribution < 1.29 is 22.7 Å². The van der Waals surface area contributed by atoms with Crippen molar-refractivity contribution in [3.8, 4) is 5.75 Å². The summed E-state index contributed by atoms with van der Waals surface area (Å²) in [4.78, 5) is 20.5. The minimum Gasteiger partial charge on any atom is -0.497 e. The molecule has 96 valence electrons. The summed E-state index contributed by atoms with van der Waals surface area (Å²) in [6.45, 7) is 0. The maximum absolute atomic E-state index is 11.8. The second-order valence-corrected chi connectivity index (χ2v) is 5.03. The van der Waals surface area contributed by atoms with Crippen LogP contribution in [0.15, 0.2) is 29.2 Å². The van der Waals surface area contributed by atoms with Gasteiger partial charge in [-0.1, -0.05) is 0 Å². The molecule has 6 nitrogen and oxygen atoms in total. The van der Waals surface area contributed by atoms with E-state index in [1.54, 1.807) is 0 Å². The van der Waals surface area contributed by atoms with Gasteiger partial charge in [0.15, 0.2) is 0 Å². The lowest BCUT2D eigenvalue weighted by molar-refractivity contribution is 0.414. The highest BCUT2D eigenvalue weighted by Crippen LogP contribution is 2.15. The zero-order chi connectivity index (χ0) is 13.6. The number of hydrogen-bond acceptors (Lipinski definition) is 5. The van der Waals surface area contributed by atoms with Crippen LogP contribution in [-0.2, 0) is 19.6 Å². The zero-order valence-electron chi connectivity index (χ0n) is 9.54. The van der Waals surface area contributed by atoms with E-state index in [2.05, 4.69) is 0 Å². The standard InChI is InChI=1S/C11H11NO5S/c1-17-10-2-4-11(5-3-10)18(15,16)12-9(8-14)6-7-13/h2-5,9,12H,6H2,1H3/t9-/m0/s1. The largest absolute Gasteiger partial charge is 0.497 e. The van der Waals surface area contributed by atoms with E-state index in [4.69, 9.17) is 4.74 Å². The van der Waals surface area contributed by atoms with E-state index in [-0.39, 0.29) is 11.3 Å². The quantitative estimate of drug-likeness (QED) is 0.749. The van der Waals surface area contributed by atoms with Gasteiger partial charge in [-0.25, -0.2) is 8.42 Å². The fraction of sp³-hybridized carbons (Fsp3) is 0.273. The molecular weight excluding hydrogens is 258 g/mol. The van der Waals surface area contributed by atoms with Crippen molar-refractivity contribution in [2.75, 3.05) is 7.11 Å². The number of rotatable bonds is 7. The molecule has 1 atom stereocenters. The van der Waals surface area contributed by atoms with Gasteiger partial charge in [-0.15, -0.1) is 0 Å². The summed E-state index contributed by atoms with van der Waals surface area (Å²) >= 11 is 0. The molecule has 0 heterocycles. The molecule has 0 spiro atoms. The third kappa shape index (κ3) is 3.64. The van der Waals surface area contributed by atoms with Crippen LogP contribution in [0.25, 0.3) is 0 Å². The Morgan fingerprint density at radius 1 is 1.28 bits per heavy atom. The van der Waals surface area contributed by atoms with E-state index in [0.717, 1.165) is 0 Å². The summed E-state index contributed by atoms with van der Waals surface area (Å²) in [7, 11) is -2.41. The number of methoxy groups -OCH3 is 1. The van der Waals surface area contributed by atoms with E-state index in [1.807, 2.05) is 4.72 Å². The third-order valence-corrected chi connectivity index (χ3v) is 3.58. The SMILES string of the molecule is COc1ccc(S(=O)(=O)N[C@H]([C]=O)C[C]=O)cc1. The fourth-order valence-electron chi connectivity index (χ4n) is 1.20. The van der Waals surface area contributed by atoms with Crippen LogP contribution in [0.2, 0.25) is 0 Å². The summed E-state index contributed by atoms with van der Waals surface area (Å²) in [6.07, 6.45) is 2.50. The zero-order valence-corrected chi connectivity index (χ0v) is 10.4. The average molecular weight is 269 g/mol. The van der Waals surface area contributed by atoms with E-state index in [9.17, 15) is 18.0 Å². The predicted molar refractivity (Wildman–Crippen MR) is 63.1 cm³/mol. The molecule has 0 aliphatic carbocycles. The predicted octanol–water partition coefficient (Wildman–Crippen LogP) is -0.0484. The molecule has 0 saturated carbocycles. The summed E-state index contributed by atoms with van der Waals surface area (Å²) in [5, 5.41) is 0. The molecule has 7 heteroatoms.